The highest BCUT2D eigenvalue weighted by molar-refractivity contribution is 5.20. The van der Waals surface area contributed by atoms with Crippen LogP contribution in [-0.2, 0) is 0 Å². The monoisotopic (exact) mass is 274 g/mol. The van der Waals surface area contributed by atoms with Crippen LogP contribution in [0.25, 0.3) is 0 Å². The van der Waals surface area contributed by atoms with Crippen LogP contribution in [0.4, 0.5) is 0 Å². The van der Waals surface area contributed by atoms with Crippen LogP contribution in [-0.4, -0.2) is 30.6 Å². The molecule has 20 heavy (non-hydrogen) atoms. The molecule has 1 aliphatic rings. The number of rotatable bonds is 6. The van der Waals surface area contributed by atoms with Crippen molar-refractivity contribution >= 4 is 0 Å². The number of hydrogen-bond donors (Lipinski definition) is 1. The zero-order valence-electron chi connectivity index (χ0n) is 13.1. The molecule has 1 aromatic carbocycles. The molecule has 0 aromatic heterocycles. The van der Waals surface area contributed by atoms with E-state index in [1.807, 2.05) is 0 Å². The van der Waals surface area contributed by atoms with E-state index in [0.29, 0.717) is 0 Å². The number of unbranched alkanes of at least 4 members (excludes halogenated alkanes) is 1. The van der Waals surface area contributed by atoms with Gasteiger partial charge in [-0.25, -0.2) is 0 Å². The molecule has 0 atom stereocenters. The summed E-state index contributed by atoms with van der Waals surface area (Å²) in [6.07, 6.45) is 7.57. The predicted molar refractivity (Wildman–Crippen MR) is 87.0 cm³/mol. The standard InChI is InChI=1S/C18H30N2/c1-3-4-14-20(2)18(15-19)12-10-17(11-13-18)16-8-6-5-7-9-16/h5-9,17H,3-4,10-15,19H2,1-2H3. The quantitative estimate of drug-likeness (QED) is 0.855. The predicted octanol–water partition coefficient (Wildman–Crippen LogP) is 3.77. The third-order valence-corrected chi connectivity index (χ3v) is 5.22. The van der Waals surface area contributed by atoms with E-state index < -0.39 is 0 Å². The molecule has 1 saturated carbocycles. The third-order valence-electron chi connectivity index (χ3n) is 5.22. The van der Waals surface area contributed by atoms with Gasteiger partial charge in [-0.15, -0.1) is 0 Å². The molecular formula is C18H30N2. The van der Waals surface area contributed by atoms with Gasteiger partial charge >= 0.3 is 0 Å². The van der Waals surface area contributed by atoms with Gasteiger partial charge < -0.3 is 5.73 Å². The average molecular weight is 274 g/mol. The Labute approximate surface area is 124 Å². The molecule has 2 nitrogen and oxygen atoms in total. The minimum absolute atomic E-state index is 0.250. The van der Waals surface area contributed by atoms with Gasteiger partial charge in [-0.2, -0.15) is 0 Å². The molecule has 2 rings (SSSR count). The van der Waals surface area contributed by atoms with E-state index in [2.05, 4.69) is 49.2 Å². The van der Waals surface area contributed by atoms with Crippen LogP contribution in [0.5, 0.6) is 0 Å². The Morgan fingerprint density at radius 2 is 1.85 bits per heavy atom. The summed E-state index contributed by atoms with van der Waals surface area (Å²) in [6, 6.07) is 11.0. The van der Waals surface area contributed by atoms with Crippen LogP contribution in [0.3, 0.4) is 0 Å². The Morgan fingerprint density at radius 3 is 2.40 bits per heavy atom. The molecule has 0 bridgehead atoms. The number of hydrogen-bond acceptors (Lipinski definition) is 2. The Hall–Kier alpha value is -0.860. The fourth-order valence-electron chi connectivity index (χ4n) is 3.59. The molecule has 112 valence electrons. The van der Waals surface area contributed by atoms with Crippen LogP contribution in [0.2, 0.25) is 0 Å². The zero-order valence-corrected chi connectivity index (χ0v) is 13.1. The van der Waals surface area contributed by atoms with E-state index in [-0.39, 0.29) is 5.54 Å². The SMILES string of the molecule is CCCCN(C)C1(CN)CCC(c2ccccc2)CC1. The van der Waals surface area contributed by atoms with Crippen molar-refractivity contribution in [3.63, 3.8) is 0 Å². The zero-order chi connectivity index (χ0) is 14.4. The van der Waals surface area contributed by atoms with Gasteiger partial charge in [0.2, 0.25) is 0 Å². The first-order valence-corrected chi connectivity index (χ1v) is 8.18. The van der Waals surface area contributed by atoms with Crippen molar-refractivity contribution in [1.82, 2.24) is 4.90 Å². The highest BCUT2D eigenvalue weighted by Crippen LogP contribution is 2.40. The summed E-state index contributed by atoms with van der Waals surface area (Å²) in [5, 5.41) is 0. The van der Waals surface area contributed by atoms with Gasteiger partial charge in [0.05, 0.1) is 0 Å². The molecule has 0 radical (unpaired) electrons. The fourth-order valence-corrected chi connectivity index (χ4v) is 3.59. The van der Waals surface area contributed by atoms with Crippen LogP contribution >= 0.6 is 0 Å². The number of benzene rings is 1. The van der Waals surface area contributed by atoms with Gasteiger partial charge in [-0.3, -0.25) is 4.90 Å². The topological polar surface area (TPSA) is 29.3 Å². The van der Waals surface area contributed by atoms with Crippen molar-refractivity contribution in [2.45, 2.75) is 56.9 Å². The number of nitrogens with two attached hydrogens (primary N) is 1. The van der Waals surface area contributed by atoms with Gasteiger partial charge in [-0.05, 0) is 57.2 Å². The minimum atomic E-state index is 0.250. The second-order valence-electron chi connectivity index (χ2n) is 6.39. The van der Waals surface area contributed by atoms with Gasteiger partial charge in [-0.1, -0.05) is 43.7 Å². The van der Waals surface area contributed by atoms with Gasteiger partial charge in [0.15, 0.2) is 0 Å². The highest BCUT2D eigenvalue weighted by Gasteiger charge is 2.37. The molecule has 0 aliphatic heterocycles. The maximum Gasteiger partial charge on any atom is 0.0329 e. The lowest BCUT2D eigenvalue weighted by Gasteiger charge is -2.46. The Bertz CT molecular complexity index is 380. The van der Waals surface area contributed by atoms with Crippen LogP contribution in [0, 0.1) is 0 Å². The van der Waals surface area contributed by atoms with Crippen molar-refractivity contribution in [2.75, 3.05) is 20.1 Å². The fraction of sp³-hybridized carbons (Fsp3) is 0.667. The highest BCUT2D eigenvalue weighted by atomic mass is 15.2. The molecular weight excluding hydrogens is 244 g/mol. The summed E-state index contributed by atoms with van der Waals surface area (Å²) in [6.45, 7) is 4.24. The van der Waals surface area contributed by atoms with Crippen molar-refractivity contribution in [1.29, 1.82) is 0 Å². The van der Waals surface area contributed by atoms with E-state index in [1.165, 1.54) is 50.6 Å². The van der Waals surface area contributed by atoms with Gasteiger partial charge in [0, 0.05) is 12.1 Å². The Kier molecular flexibility index (Phi) is 5.62. The van der Waals surface area contributed by atoms with Crippen molar-refractivity contribution < 1.29 is 0 Å². The maximum absolute atomic E-state index is 6.15. The summed E-state index contributed by atoms with van der Waals surface area (Å²) < 4.78 is 0. The van der Waals surface area contributed by atoms with E-state index in [4.69, 9.17) is 5.73 Å². The third kappa shape index (κ3) is 3.42. The first-order valence-electron chi connectivity index (χ1n) is 8.18. The van der Waals surface area contributed by atoms with E-state index in [9.17, 15) is 0 Å². The summed E-state index contributed by atoms with van der Waals surface area (Å²) >= 11 is 0. The Balaban J connectivity index is 1.97. The second-order valence-corrected chi connectivity index (χ2v) is 6.39. The smallest absolute Gasteiger partial charge is 0.0329 e. The lowest BCUT2D eigenvalue weighted by atomic mass is 9.73. The van der Waals surface area contributed by atoms with Crippen molar-refractivity contribution in [2.24, 2.45) is 5.73 Å². The van der Waals surface area contributed by atoms with E-state index in [0.717, 1.165) is 12.5 Å². The lowest BCUT2D eigenvalue weighted by molar-refractivity contribution is 0.0750. The normalized spacial score (nSPS) is 26.9. The molecule has 0 unspecified atom stereocenters. The summed E-state index contributed by atoms with van der Waals surface area (Å²) in [4.78, 5) is 2.54. The van der Waals surface area contributed by atoms with Crippen LogP contribution in [0.15, 0.2) is 30.3 Å². The van der Waals surface area contributed by atoms with Crippen LogP contribution < -0.4 is 5.73 Å². The molecule has 0 amide bonds. The average Bonchev–Trinajstić information content (AvgIpc) is 2.53. The van der Waals surface area contributed by atoms with E-state index >= 15 is 0 Å². The second kappa shape index (κ2) is 7.24. The van der Waals surface area contributed by atoms with Crippen molar-refractivity contribution in [3.8, 4) is 0 Å². The molecule has 1 aliphatic carbocycles. The van der Waals surface area contributed by atoms with Crippen molar-refractivity contribution in [3.05, 3.63) is 35.9 Å². The van der Waals surface area contributed by atoms with Gasteiger partial charge in [0.25, 0.3) is 0 Å². The lowest BCUT2D eigenvalue weighted by Crippen LogP contribution is -2.54. The minimum Gasteiger partial charge on any atom is -0.329 e. The van der Waals surface area contributed by atoms with E-state index in [1.54, 1.807) is 0 Å². The summed E-state index contributed by atoms with van der Waals surface area (Å²) in [5.41, 5.74) is 7.91. The largest absolute Gasteiger partial charge is 0.329 e. The molecule has 0 heterocycles. The summed E-state index contributed by atoms with van der Waals surface area (Å²) in [5.74, 6) is 0.732. The van der Waals surface area contributed by atoms with Gasteiger partial charge in [0.1, 0.15) is 0 Å². The molecule has 2 heteroatoms. The molecule has 1 aromatic rings. The molecule has 1 fully saturated rings. The summed E-state index contributed by atoms with van der Waals surface area (Å²) in [7, 11) is 2.27. The molecule has 0 saturated heterocycles. The van der Waals surface area contributed by atoms with Crippen LogP contribution in [0.1, 0.15) is 56.9 Å². The number of nitrogens with zero attached hydrogens (tertiary/aromatic N) is 1. The molecule has 0 spiro atoms. The number of likely N-dealkylation sites (N-methyl/N-ethyl adjacent to an activating group) is 1. The first kappa shape index (κ1) is 15.5. The maximum atomic E-state index is 6.15. The first-order chi connectivity index (χ1) is 9.72. The molecule has 2 N–H and O–H groups in total. The Morgan fingerprint density at radius 1 is 1.20 bits per heavy atom.